The molecule has 120 valence electrons. The van der Waals surface area contributed by atoms with Crippen LogP contribution in [0.2, 0.25) is 0 Å². The van der Waals surface area contributed by atoms with Crippen LogP contribution in [0.5, 0.6) is 0 Å². The summed E-state index contributed by atoms with van der Waals surface area (Å²) in [6.07, 6.45) is 3.47. The van der Waals surface area contributed by atoms with Crippen LogP contribution >= 0.6 is 0 Å². The van der Waals surface area contributed by atoms with Gasteiger partial charge in [0.25, 0.3) is 0 Å². The normalized spacial score (nSPS) is 25.1. The Morgan fingerprint density at radius 1 is 1.14 bits per heavy atom. The molecule has 6 nitrogen and oxygen atoms in total. The van der Waals surface area contributed by atoms with Gasteiger partial charge in [0.2, 0.25) is 11.8 Å². The van der Waals surface area contributed by atoms with Gasteiger partial charge in [0.1, 0.15) is 5.54 Å². The maximum Gasteiger partial charge on any atom is 0.329 e. The molecule has 0 heterocycles. The molecule has 1 rings (SSSR count). The average Bonchev–Trinajstić information content (AvgIpc) is 2.45. The number of carbonyl (C=O) groups excluding carboxylic acids is 2. The first-order valence-electron chi connectivity index (χ1n) is 7.70. The number of aliphatic carboxylic acids is 1. The molecule has 0 radical (unpaired) electrons. The zero-order valence-electron chi connectivity index (χ0n) is 12.9. The monoisotopic (exact) mass is 298 g/mol. The third-order valence-corrected chi connectivity index (χ3v) is 4.07. The number of carboxylic acids is 1. The first kappa shape index (κ1) is 17.5. The Morgan fingerprint density at radius 3 is 2.24 bits per heavy atom. The molecular weight excluding hydrogens is 272 g/mol. The van der Waals surface area contributed by atoms with Gasteiger partial charge in [-0.2, -0.15) is 0 Å². The van der Waals surface area contributed by atoms with Gasteiger partial charge in [0.15, 0.2) is 0 Å². The van der Waals surface area contributed by atoms with Crippen molar-refractivity contribution >= 4 is 17.8 Å². The lowest BCUT2D eigenvalue weighted by Crippen LogP contribution is -2.56. The van der Waals surface area contributed by atoms with E-state index in [4.69, 9.17) is 0 Å². The molecule has 0 aromatic carbocycles. The second kappa shape index (κ2) is 8.00. The Kier molecular flexibility index (Phi) is 6.65. The summed E-state index contributed by atoms with van der Waals surface area (Å²) < 4.78 is 0. The van der Waals surface area contributed by atoms with Gasteiger partial charge in [-0.3, -0.25) is 9.59 Å². The fraction of sp³-hybridized carbons (Fsp3) is 0.800. The van der Waals surface area contributed by atoms with Crippen molar-refractivity contribution < 1.29 is 19.5 Å². The van der Waals surface area contributed by atoms with Gasteiger partial charge in [-0.15, -0.1) is 0 Å². The van der Waals surface area contributed by atoms with Crippen LogP contribution in [0.4, 0.5) is 0 Å². The number of carboxylic acid groups (broad SMARTS) is 1. The average molecular weight is 298 g/mol. The molecule has 0 spiro atoms. The number of hydrogen-bond acceptors (Lipinski definition) is 3. The van der Waals surface area contributed by atoms with Gasteiger partial charge in [0, 0.05) is 19.4 Å². The summed E-state index contributed by atoms with van der Waals surface area (Å²) in [5.74, 6) is -1.01. The van der Waals surface area contributed by atoms with Gasteiger partial charge in [-0.1, -0.05) is 13.8 Å². The number of hydrogen-bond donors (Lipinski definition) is 3. The molecule has 0 atom stereocenters. The molecule has 0 aliphatic heterocycles. The van der Waals surface area contributed by atoms with E-state index in [-0.39, 0.29) is 24.7 Å². The maximum atomic E-state index is 11.9. The van der Waals surface area contributed by atoms with Crippen molar-refractivity contribution in [2.24, 2.45) is 5.92 Å². The minimum atomic E-state index is -1.15. The van der Waals surface area contributed by atoms with Crippen LogP contribution in [0.25, 0.3) is 0 Å². The molecule has 1 aliphatic rings. The van der Waals surface area contributed by atoms with E-state index < -0.39 is 11.5 Å². The van der Waals surface area contributed by atoms with Crippen molar-refractivity contribution in [1.82, 2.24) is 10.6 Å². The number of rotatable bonds is 7. The summed E-state index contributed by atoms with van der Waals surface area (Å²) in [6.45, 7) is 4.64. The van der Waals surface area contributed by atoms with Crippen molar-refractivity contribution in [3.8, 4) is 0 Å². The Balaban J connectivity index is 2.47. The molecule has 6 heteroatoms. The molecule has 1 fully saturated rings. The Hall–Kier alpha value is -1.59. The highest BCUT2D eigenvalue weighted by atomic mass is 16.4. The van der Waals surface area contributed by atoms with E-state index in [1.165, 1.54) is 0 Å². The summed E-state index contributed by atoms with van der Waals surface area (Å²) in [6, 6.07) is 0. The van der Waals surface area contributed by atoms with Gasteiger partial charge >= 0.3 is 5.97 Å². The highest BCUT2D eigenvalue weighted by Gasteiger charge is 2.42. The summed E-state index contributed by atoms with van der Waals surface area (Å²) in [4.78, 5) is 34.9. The molecule has 3 N–H and O–H groups in total. The summed E-state index contributed by atoms with van der Waals surface area (Å²) in [5, 5.41) is 14.8. The van der Waals surface area contributed by atoms with Crippen molar-refractivity contribution in [3.05, 3.63) is 0 Å². The summed E-state index contributed by atoms with van der Waals surface area (Å²) in [7, 11) is 0. The molecule has 2 amide bonds. The lowest BCUT2D eigenvalue weighted by molar-refractivity contribution is -0.149. The molecule has 0 bridgehead atoms. The second-order valence-corrected chi connectivity index (χ2v) is 5.97. The SMILES string of the molecule is CCCNC(=O)CCC(=O)NC1(C(=O)O)CCC(C)CC1. The van der Waals surface area contributed by atoms with E-state index in [9.17, 15) is 19.5 Å². The van der Waals surface area contributed by atoms with E-state index in [0.717, 1.165) is 19.3 Å². The number of carbonyl (C=O) groups is 3. The molecule has 1 saturated carbocycles. The van der Waals surface area contributed by atoms with Crippen LogP contribution in [0.3, 0.4) is 0 Å². The number of amides is 2. The van der Waals surface area contributed by atoms with E-state index in [2.05, 4.69) is 17.6 Å². The Bertz CT molecular complexity index is 387. The molecule has 0 unspecified atom stereocenters. The third kappa shape index (κ3) is 5.36. The van der Waals surface area contributed by atoms with Crippen molar-refractivity contribution in [2.45, 2.75) is 64.3 Å². The van der Waals surface area contributed by atoms with Crippen LogP contribution in [0.1, 0.15) is 58.8 Å². The minimum Gasteiger partial charge on any atom is -0.480 e. The van der Waals surface area contributed by atoms with E-state index in [1.54, 1.807) is 0 Å². The molecule has 0 aromatic rings. The predicted octanol–water partition coefficient (Wildman–Crippen LogP) is 1.44. The standard InChI is InChI=1S/C15H26N2O4/c1-3-10-16-12(18)4-5-13(19)17-15(14(20)21)8-6-11(2)7-9-15/h11H,3-10H2,1-2H3,(H,16,18)(H,17,19)(H,20,21). The van der Waals surface area contributed by atoms with Gasteiger partial charge in [-0.25, -0.2) is 4.79 Å². The fourth-order valence-electron chi connectivity index (χ4n) is 2.56. The largest absolute Gasteiger partial charge is 0.480 e. The lowest BCUT2D eigenvalue weighted by Gasteiger charge is -2.36. The highest BCUT2D eigenvalue weighted by Crippen LogP contribution is 2.32. The zero-order valence-corrected chi connectivity index (χ0v) is 12.9. The Morgan fingerprint density at radius 2 is 1.71 bits per heavy atom. The maximum absolute atomic E-state index is 11.9. The molecule has 0 aromatic heterocycles. The van der Waals surface area contributed by atoms with E-state index in [0.29, 0.717) is 25.3 Å². The first-order valence-corrected chi connectivity index (χ1v) is 7.70. The smallest absolute Gasteiger partial charge is 0.329 e. The first-order chi connectivity index (χ1) is 9.89. The van der Waals surface area contributed by atoms with Crippen LogP contribution in [0.15, 0.2) is 0 Å². The molecular formula is C15H26N2O4. The van der Waals surface area contributed by atoms with E-state index in [1.807, 2.05) is 6.92 Å². The van der Waals surface area contributed by atoms with Gasteiger partial charge < -0.3 is 15.7 Å². The molecule has 0 saturated heterocycles. The van der Waals surface area contributed by atoms with Crippen LogP contribution < -0.4 is 10.6 Å². The second-order valence-electron chi connectivity index (χ2n) is 5.97. The summed E-state index contributed by atoms with van der Waals surface area (Å²) >= 11 is 0. The minimum absolute atomic E-state index is 0.0279. The van der Waals surface area contributed by atoms with Gasteiger partial charge in [-0.05, 0) is 38.0 Å². The van der Waals surface area contributed by atoms with Crippen molar-refractivity contribution in [1.29, 1.82) is 0 Å². The Labute approximate surface area is 125 Å². The van der Waals surface area contributed by atoms with Crippen LogP contribution in [-0.4, -0.2) is 35.0 Å². The van der Waals surface area contributed by atoms with Crippen molar-refractivity contribution in [2.75, 3.05) is 6.54 Å². The van der Waals surface area contributed by atoms with Crippen molar-refractivity contribution in [3.63, 3.8) is 0 Å². The lowest BCUT2D eigenvalue weighted by atomic mass is 9.77. The molecule has 1 aliphatic carbocycles. The highest BCUT2D eigenvalue weighted by molar-refractivity contribution is 5.89. The van der Waals surface area contributed by atoms with E-state index >= 15 is 0 Å². The topological polar surface area (TPSA) is 95.5 Å². The summed E-state index contributed by atoms with van der Waals surface area (Å²) in [5.41, 5.74) is -1.15. The predicted molar refractivity (Wildman–Crippen MR) is 78.7 cm³/mol. The molecule has 21 heavy (non-hydrogen) atoms. The zero-order chi connectivity index (χ0) is 15.9. The third-order valence-electron chi connectivity index (χ3n) is 4.07. The fourth-order valence-corrected chi connectivity index (χ4v) is 2.56. The van der Waals surface area contributed by atoms with Crippen LogP contribution in [-0.2, 0) is 14.4 Å². The quantitative estimate of drug-likeness (QED) is 0.662. The van der Waals surface area contributed by atoms with Gasteiger partial charge in [0.05, 0.1) is 0 Å². The van der Waals surface area contributed by atoms with Crippen LogP contribution in [0, 0.1) is 5.92 Å². The number of nitrogens with one attached hydrogen (secondary N) is 2.